The second kappa shape index (κ2) is 4.94. The summed E-state index contributed by atoms with van der Waals surface area (Å²) in [6.07, 6.45) is 0. The van der Waals surface area contributed by atoms with Gasteiger partial charge in [-0.25, -0.2) is 0 Å². The fourth-order valence-corrected chi connectivity index (χ4v) is 4.83. The summed E-state index contributed by atoms with van der Waals surface area (Å²) in [7, 11) is 2.79. The summed E-state index contributed by atoms with van der Waals surface area (Å²) in [5.41, 5.74) is 0.852. The van der Waals surface area contributed by atoms with E-state index in [9.17, 15) is 9.59 Å². The Morgan fingerprint density at radius 1 is 0.708 bits per heavy atom. The first-order valence-corrected chi connectivity index (χ1v) is 7.94. The third-order valence-electron chi connectivity index (χ3n) is 5.72. The van der Waals surface area contributed by atoms with Crippen LogP contribution >= 0.6 is 0 Å². The molecule has 2 aliphatic rings. The highest BCUT2D eigenvalue weighted by Crippen LogP contribution is 2.93. The zero-order valence-corrected chi connectivity index (χ0v) is 13.6. The Morgan fingerprint density at radius 3 is 1.33 bits per heavy atom. The van der Waals surface area contributed by atoms with E-state index in [1.807, 2.05) is 60.7 Å². The fraction of sp³-hybridized carbons (Fsp3) is 0.300. The third-order valence-corrected chi connectivity index (χ3v) is 5.72. The van der Waals surface area contributed by atoms with E-state index in [0.717, 1.165) is 11.1 Å². The van der Waals surface area contributed by atoms with Gasteiger partial charge >= 0.3 is 11.9 Å². The Morgan fingerprint density at radius 2 is 1.04 bits per heavy atom. The van der Waals surface area contributed by atoms with E-state index >= 15 is 0 Å². The minimum absolute atomic E-state index is 0.275. The number of carbonyl (C=O) groups is 2. The minimum atomic E-state index is -0.560. The van der Waals surface area contributed by atoms with Crippen LogP contribution in [0.5, 0.6) is 0 Å². The van der Waals surface area contributed by atoms with Crippen molar-refractivity contribution < 1.29 is 19.1 Å². The standard InChI is InChI=1S/C20H18O4/c1-23-17(21)15-19(13-9-5-3-6-10-13)16(18(22)24-2)20(15,19)14-11-7-4-8-12-14/h3-12,15-16H,1-2H3. The van der Waals surface area contributed by atoms with Crippen LogP contribution < -0.4 is 0 Å². The van der Waals surface area contributed by atoms with Crippen LogP contribution in [0.2, 0.25) is 0 Å². The maximum absolute atomic E-state index is 12.5. The van der Waals surface area contributed by atoms with Gasteiger partial charge in [0.15, 0.2) is 0 Å². The van der Waals surface area contributed by atoms with Crippen LogP contribution in [-0.4, -0.2) is 26.2 Å². The van der Waals surface area contributed by atoms with Crippen molar-refractivity contribution in [2.75, 3.05) is 14.2 Å². The summed E-state index contributed by atoms with van der Waals surface area (Å²) < 4.78 is 10.1. The molecule has 4 rings (SSSR count). The maximum Gasteiger partial charge on any atom is 0.310 e. The molecule has 0 spiro atoms. The van der Waals surface area contributed by atoms with E-state index in [1.54, 1.807) is 0 Å². The molecule has 0 heterocycles. The van der Waals surface area contributed by atoms with Gasteiger partial charge in [-0.05, 0) is 11.1 Å². The highest BCUT2D eigenvalue weighted by atomic mass is 16.5. The van der Waals surface area contributed by atoms with Gasteiger partial charge in [0, 0.05) is 10.8 Å². The van der Waals surface area contributed by atoms with Gasteiger partial charge in [-0.15, -0.1) is 0 Å². The number of hydrogen-bond acceptors (Lipinski definition) is 4. The number of esters is 2. The van der Waals surface area contributed by atoms with E-state index in [0.29, 0.717) is 0 Å². The van der Waals surface area contributed by atoms with Crippen LogP contribution in [0.3, 0.4) is 0 Å². The molecule has 0 atom stereocenters. The summed E-state index contributed by atoms with van der Waals surface area (Å²) in [5.74, 6) is -1.27. The lowest BCUT2D eigenvalue weighted by molar-refractivity contribution is -0.149. The van der Waals surface area contributed by atoms with E-state index < -0.39 is 10.8 Å². The van der Waals surface area contributed by atoms with Gasteiger partial charge < -0.3 is 9.47 Å². The first-order chi connectivity index (χ1) is 11.7. The predicted molar refractivity (Wildman–Crippen MR) is 87.3 cm³/mol. The molecule has 2 saturated carbocycles. The molecule has 0 aromatic heterocycles. The SMILES string of the molecule is COC(=O)C1C2(c3ccccc3)C(C(=O)OC)C12c1ccccc1. The summed E-state index contributed by atoms with van der Waals surface area (Å²) >= 11 is 0. The quantitative estimate of drug-likeness (QED) is 0.812. The van der Waals surface area contributed by atoms with E-state index in [2.05, 4.69) is 0 Å². The van der Waals surface area contributed by atoms with Crippen molar-refractivity contribution in [1.29, 1.82) is 0 Å². The van der Waals surface area contributed by atoms with Crippen LogP contribution in [0.4, 0.5) is 0 Å². The molecule has 2 aliphatic carbocycles. The lowest BCUT2D eigenvalue weighted by atomic mass is 9.85. The number of ether oxygens (including phenoxy) is 2. The molecule has 2 fully saturated rings. The predicted octanol–water partition coefficient (Wildman–Crippen LogP) is 2.47. The van der Waals surface area contributed by atoms with Crippen LogP contribution in [0.25, 0.3) is 0 Å². The smallest absolute Gasteiger partial charge is 0.310 e. The molecule has 0 radical (unpaired) electrons. The van der Waals surface area contributed by atoms with Crippen molar-refractivity contribution in [2.45, 2.75) is 10.8 Å². The number of benzene rings is 2. The first-order valence-electron chi connectivity index (χ1n) is 7.94. The van der Waals surface area contributed by atoms with Gasteiger partial charge in [0.25, 0.3) is 0 Å². The van der Waals surface area contributed by atoms with Gasteiger partial charge in [0.05, 0.1) is 26.1 Å². The van der Waals surface area contributed by atoms with E-state index in [1.165, 1.54) is 14.2 Å². The Bertz CT molecular complexity index is 719. The van der Waals surface area contributed by atoms with E-state index in [4.69, 9.17) is 9.47 Å². The van der Waals surface area contributed by atoms with Crippen molar-refractivity contribution >= 4 is 11.9 Å². The fourth-order valence-electron chi connectivity index (χ4n) is 4.83. The van der Waals surface area contributed by atoms with Crippen LogP contribution in [0.1, 0.15) is 11.1 Å². The van der Waals surface area contributed by atoms with Gasteiger partial charge in [-0.1, -0.05) is 60.7 Å². The highest BCUT2D eigenvalue weighted by molar-refractivity contribution is 6.00. The van der Waals surface area contributed by atoms with Gasteiger partial charge in [-0.3, -0.25) is 9.59 Å². The molecule has 0 saturated heterocycles. The zero-order chi connectivity index (χ0) is 16.9. The molecule has 4 heteroatoms. The average molecular weight is 322 g/mol. The summed E-state index contributed by atoms with van der Waals surface area (Å²) in [5, 5.41) is 0. The topological polar surface area (TPSA) is 52.6 Å². The molecule has 0 amide bonds. The molecular formula is C20H18O4. The van der Waals surface area contributed by atoms with Crippen molar-refractivity contribution in [1.82, 2.24) is 0 Å². The molecule has 2 aromatic rings. The molecule has 0 bridgehead atoms. The van der Waals surface area contributed by atoms with Gasteiger partial charge in [-0.2, -0.15) is 0 Å². The Balaban J connectivity index is 1.90. The largest absolute Gasteiger partial charge is 0.469 e. The molecule has 0 unspecified atom stereocenters. The lowest BCUT2D eigenvalue weighted by Crippen LogP contribution is -2.31. The Hall–Kier alpha value is -2.62. The normalized spacial score (nSPS) is 32.4. The van der Waals surface area contributed by atoms with Crippen molar-refractivity contribution in [3.05, 3.63) is 71.8 Å². The molecule has 0 aliphatic heterocycles. The number of rotatable bonds is 4. The van der Waals surface area contributed by atoms with Gasteiger partial charge in [0.1, 0.15) is 0 Å². The zero-order valence-electron chi connectivity index (χ0n) is 13.6. The highest BCUT2D eigenvalue weighted by Gasteiger charge is 3.03. The summed E-state index contributed by atoms with van der Waals surface area (Å²) in [6, 6.07) is 19.5. The first kappa shape index (κ1) is 14.9. The van der Waals surface area contributed by atoms with Crippen molar-refractivity contribution in [2.24, 2.45) is 11.8 Å². The molecule has 4 nitrogen and oxygen atoms in total. The second-order valence-corrected chi connectivity index (χ2v) is 6.38. The number of fused-ring (bicyclic) bond motifs is 1. The third kappa shape index (κ3) is 1.49. The van der Waals surface area contributed by atoms with Crippen LogP contribution in [0, 0.1) is 11.8 Å². The molecule has 122 valence electrons. The second-order valence-electron chi connectivity index (χ2n) is 6.38. The van der Waals surface area contributed by atoms with Crippen molar-refractivity contribution in [3.8, 4) is 0 Å². The average Bonchev–Trinajstić information content (AvgIpc) is 3.48. The summed E-state index contributed by atoms with van der Waals surface area (Å²) in [4.78, 5) is 24.9. The Labute approximate surface area is 140 Å². The van der Waals surface area contributed by atoms with Crippen LogP contribution in [0.15, 0.2) is 60.7 Å². The molecule has 2 aromatic carbocycles. The number of carbonyl (C=O) groups excluding carboxylic acids is 2. The molecular weight excluding hydrogens is 304 g/mol. The number of methoxy groups -OCH3 is 2. The number of hydrogen-bond donors (Lipinski definition) is 0. The molecule has 24 heavy (non-hydrogen) atoms. The Kier molecular flexibility index (Phi) is 3.07. The maximum atomic E-state index is 12.5. The van der Waals surface area contributed by atoms with Gasteiger partial charge in [0.2, 0.25) is 0 Å². The van der Waals surface area contributed by atoms with Crippen molar-refractivity contribution in [3.63, 3.8) is 0 Å². The lowest BCUT2D eigenvalue weighted by Gasteiger charge is -2.20. The minimum Gasteiger partial charge on any atom is -0.469 e. The monoisotopic (exact) mass is 322 g/mol. The van der Waals surface area contributed by atoms with E-state index in [-0.39, 0.29) is 23.8 Å². The summed E-state index contributed by atoms with van der Waals surface area (Å²) in [6.45, 7) is 0. The van der Waals surface area contributed by atoms with Crippen LogP contribution in [-0.2, 0) is 29.9 Å². The molecule has 0 N–H and O–H groups in total.